The van der Waals surface area contributed by atoms with Gasteiger partial charge in [-0.15, -0.1) is 0 Å². The molecule has 2 heterocycles. The summed E-state index contributed by atoms with van der Waals surface area (Å²) in [4.78, 5) is 16.7. The van der Waals surface area contributed by atoms with Crippen LogP contribution in [0.2, 0.25) is 0 Å². The lowest BCUT2D eigenvalue weighted by Crippen LogP contribution is -2.38. The first-order valence-electron chi connectivity index (χ1n) is 7.88. The molecule has 1 fully saturated rings. The van der Waals surface area contributed by atoms with Gasteiger partial charge in [0.15, 0.2) is 0 Å². The average Bonchev–Trinajstić information content (AvgIpc) is 2.91. The van der Waals surface area contributed by atoms with Gasteiger partial charge in [-0.05, 0) is 25.2 Å². The van der Waals surface area contributed by atoms with Gasteiger partial charge in [-0.3, -0.25) is 4.79 Å². The minimum Gasteiger partial charge on any atom is -0.356 e. The normalized spacial score (nSPS) is 25.6. The second kappa shape index (κ2) is 5.85. The summed E-state index contributed by atoms with van der Waals surface area (Å²) < 4.78 is 2.04. The van der Waals surface area contributed by atoms with Crippen LogP contribution in [0.15, 0.2) is 6.20 Å². The van der Waals surface area contributed by atoms with Gasteiger partial charge in [0, 0.05) is 25.3 Å². The first kappa shape index (κ1) is 13.5. The lowest BCUT2D eigenvalue weighted by atomic mass is 9.84. The third kappa shape index (κ3) is 2.81. The summed E-state index contributed by atoms with van der Waals surface area (Å²) in [6.45, 7) is 4.13. The van der Waals surface area contributed by atoms with Crippen LogP contribution in [0.3, 0.4) is 0 Å². The van der Waals surface area contributed by atoms with Crippen molar-refractivity contribution in [2.45, 2.75) is 58.0 Å². The van der Waals surface area contributed by atoms with Crippen molar-refractivity contribution in [2.24, 2.45) is 5.92 Å². The van der Waals surface area contributed by atoms with Crippen LogP contribution >= 0.6 is 0 Å². The van der Waals surface area contributed by atoms with E-state index < -0.39 is 0 Å². The first-order chi connectivity index (χ1) is 9.76. The fourth-order valence-corrected chi connectivity index (χ4v) is 3.34. The van der Waals surface area contributed by atoms with Gasteiger partial charge >= 0.3 is 0 Å². The van der Waals surface area contributed by atoms with E-state index in [1.165, 1.54) is 19.3 Å². The largest absolute Gasteiger partial charge is 0.356 e. The number of aromatic nitrogens is 2. The Balaban J connectivity index is 1.62. The fraction of sp³-hybridized carbons (Fsp3) is 0.733. The number of carbonyl (C=O) groups excluding carboxylic acids is 1. The first-order valence-corrected chi connectivity index (χ1v) is 7.88. The van der Waals surface area contributed by atoms with Crippen LogP contribution in [0.4, 0.5) is 5.95 Å². The highest BCUT2D eigenvalue weighted by Gasteiger charge is 2.24. The molecule has 0 radical (unpaired) electrons. The summed E-state index contributed by atoms with van der Waals surface area (Å²) in [5.74, 6) is 1.58. The maximum atomic E-state index is 12.3. The van der Waals surface area contributed by atoms with Gasteiger partial charge in [-0.1, -0.05) is 26.2 Å². The number of nitrogens with one attached hydrogen (secondary N) is 2. The minimum atomic E-state index is -0.0181. The molecule has 1 amide bonds. The number of imidazole rings is 1. The quantitative estimate of drug-likeness (QED) is 0.891. The molecule has 2 aliphatic rings. The topological polar surface area (TPSA) is 59.0 Å². The second-order valence-corrected chi connectivity index (χ2v) is 6.03. The number of rotatable bonds is 3. The Hall–Kier alpha value is -1.52. The third-order valence-corrected chi connectivity index (χ3v) is 4.56. The smallest absolute Gasteiger partial charge is 0.271 e. The van der Waals surface area contributed by atoms with Gasteiger partial charge in [0.05, 0.1) is 0 Å². The summed E-state index contributed by atoms with van der Waals surface area (Å²) in [5, 5.41) is 6.40. The van der Waals surface area contributed by atoms with Crippen molar-refractivity contribution in [3.63, 3.8) is 0 Å². The van der Waals surface area contributed by atoms with Crippen LogP contribution in [0, 0.1) is 5.92 Å². The van der Waals surface area contributed by atoms with Crippen molar-refractivity contribution in [1.29, 1.82) is 0 Å². The van der Waals surface area contributed by atoms with E-state index in [0.717, 1.165) is 44.2 Å². The molecule has 0 saturated heterocycles. The molecule has 2 atom stereocenters. The Morgan fingerprint density at radius 1 is 1.50 bits per heavy atom. The predicted molar refractivity (Wildman–Crippen MR) is 78.8 cm³/mol. The number of anilines is 1. The maximum Gasteiger partial charge on any atom is 0.271 e. The summed E-state index contributed by atoms with van der Waals surface area (Å²) >= 11 is 0. The average molecular weight is 276 g/mol. The molecule has 0 aromatic carbocycles. The molecule has 0 spiro atoms. The minimum absolute atomic E-state index is 0.0181. The van der Waals surface area contributed by atoms with E-state index in [-0.39, 0.29) is 5.91 Å². The standard InChI is InChI=1S/C15H24N4O/c1-2-11-5-3-6-12(9-11)17-14(20)13-10-19-8-4-7-16-15(19)18-13/h10-12H,2-9H2,1H3,(H,16,18)(H,17,20). The molecule has 5 nitrogen and oxygen atoms in total. The molecule has 2 unspecified atom stereocenters. The Labute approximate surface area is 120 Å². The SMILES string of the molecule is CCC1CCCC(NC(=O)c2cn3c(n2)NCCC3)C1. The number of hydrogen-bond donors (Lipinski definition) is 2. The van der Waals surface area contributed by atoms with Gasteiger partial charge < -0.3 is 15.2 Å². The zero-order valence-corrected chi connectivity index (χ0v) is 12.2. The van der Waals surface area contributed by atoms with Gasteiger partial charge in [-0.2, -0.15) is 0 Å². The monoisotopic (exact) mass is 276 g/mol. The summed E-state index contributed by atoms with van der Waals surface area (Å²) in [6.07, 6.45) is 8.94. The molecule has 1 saturated carbocycles. The molecule has 3 rings (SSSR count). The van der Waals surface area contributed by atoms with E-state index in [0.29, 0.717) is 11.7 Å². The van der Waals surface area contributed by atoms with Crippen molar-refractivity contribution in [3.05, 3.63) is 11.9 Å². The molecular formula is C15H24N4O. The zero-order valence-electron chi connectivity index (χ0n) is 12.2. The van der Waals surface area contributed by atoms with Crippen molar-refractivity contribution in [1.82, 2.24) is 14.9 Å². The number of hydrogen-bond acceptors (Lipinski definition) is 3. The maximum absolute atomic E-state index is 12.3. The summed E-state index contributed by atoms with van der Waals surface area (Å²) in [5.41, 5.74) is 0.549. The van der Waals surface area contributed by atoms with Crippen LogP contribution in [-0.2, 0) is 6.54 Å². The van der Waals surface area contributed by atoms with Gasteiger partial charge in [0.25, 0.3) is 5.91 Å². The number of carbonyl (C=O) groups is 1. The van der Waals surface area contributed by atoms with E-state index in [9.17, 15) is 4.79 Å². The number of amides is 1. The van der Waals surface area contributed by atoms with E-state index in [2.05, 4.69) is 22.5 Å². The Kier molecular flexibility index (Phi) is 3.94. The number of aryl methyl sites for hydroxylation is 1. The lowest BCUT2D eigenvalue weighted by Gasteiger charge is -2.28. The highest BCUT2D eigenvalue weighted by molar-refractivity contribution is 5.92. The molecule has 1 aromatic rings. The van der Waals surface area contributed by atoms with Crippen LogP contribution in [0.1, 0.15) is 55.9 Å². The molecule has 5 heteroatoms. The van der Waals surface area contributed by atoms with Crippen molar-refractivity contribution >= 4 is 11.9 Å². The van der Waals surface area contributed by atoms with Gasteiger partial charge in [-0.25, -0.2) is 4.98 Å². The molecule has 0 bridgehead atoms. The Morgan fingerprint density at radius 2 is 2.40 bits per heavy atom. The summed E-state index contributed by atoms with van der Waals surface area (Å²) in [7, 11) is 0. The van der Waals surface area contributed by atoms with Crippen molar-refractivity contribution in [2.75, 3.05) is 11.9 Å². The van der Waals surface area contributed by atoms with E-state index in [4.69, 9.17) is 0 Å². The van der Waals surface area contributed by atoms with Crippen LogP contribution in [-0.4, -0.2) is 28.0 Å². The van der Waals surface area contributed by atoms with Crippen molar-refractivity contribution < 1.29 is 4.79 Å². The molecule has 2 N–H and O–H groups in total. The highest BCUT2D eigenvalue weighted by Crippen LogP contribution is 2.26. The zero-order chi connectivity index (χ0) is 13.9. The molecule has 20 heavy (non-hydrogen) atoms. The van der Waals surface area contributed by atoms with E-state index in [1.54, 1.807) is 0 Å². The Morgan fingerprint density at radius 3 is 3.20 bits per heavy atom. The van der Waals surface area contributed by atoms with Gasteiger partial charge in [0.1, 0.15) is 5.69 Å². The van der Waals surface area contributed by atoms with Crippen LogP contribution < -0.4 is 10.6 Å². The fourth-order valence-electron chi connectivity index (χ4n) is 3.34. The number of nitrogens with zero attached hydrogens (tertiary/aromatic N) is 2. The third-order valence-electron chi connectivity index (χ3n) is 4.56. The van der Waals surface area contributed by atoms with Gasteiger partial charge in [0.2, 0.25) is 5.95 Å². The highest BCUT2D eigenvalue weighted by atomic mass is 16.2. The Bertz CT molecular complexity index is 459. The van der Waals surface area contributed by atoms with E-state index >= 15 is 0 Å². The van der Waals surface area contributed by atoms with Crippen LogP contribution in [0.25, 0.3) is 0 Å². The molecule has 1 aliphatic heterocycles. The molecular weight excluding hydrogens is 252 g/mol. The predicted octanol–water partition coefficient (Wildman–Crippen LogP) is 2.40. The summed E-state index contributed by atoms with van der Waals surface area (Å²) in [6, 6.07) is 0.327. The molecule has 1 aromatic heterocycles. The number of fused-ring (bicyclic) bond motifs is 1. The van der Waals surface area contributed by atoms with E-state index in [1.807, 2.05) is 10.8 Å². The van der Waals surface area contributed by atoms with Crippen molar-refractivity contribution in [3.8, 4) is 0 Å². The van der Waals surface area contributed by atoms with Crippen LogP contribution in [0.5, 0.6) is 0 Å². The molecule has 110 valence electrons. The second-order valence-electron chi connectivity index (χ2n) is 6.03. The molecule has 1 aliphatic carbocycles. The lowest BCUT2D eigenvalue weighted by molar-refractivity contribution is 0.0914.